The number of thiophene rings is 1. The summed E-state index contributed by atoms with van der Waals surface area (Å²) < 4.78 is 6.21. The van der Waals surface area contributed by atoms with E-state index < -0.39 is 0 Å². The molecule has 0 aliphatic carbocycles. The Morgan fingerprint density at radius 1 is 0.946 bits per heavy atom. The van der Waals surface area contributed by atoms with Crippen molar-refractivity contribution in [2.45, 2.75) is 25.9 Å². The van der Waals surface area contributed by atoms with Crippen LogP contribution >= 0.6 is 11.3 Å². The molecule has 1 aliphatic heterocycles. The molecular formula is C28H25N7OS. The van der Waals surface area contributed by atoms with E-state index in [4.69, 9.17) is 4.74 Å². The SMILES string of the molecule is Cc1ccc(-c2nccc3[nH]c(-c4[nH]nc5ncc(-c6cncc(OC7CCNCC7)c6)cc45)cc23)s1. The monoisotopic (exact) mass is 507 g/mol. The van der Waals surface area contributed by atoms with E-state index in [2.05, 4.69) is 66.6 Å². The Labute approximate surface area is 217 Å². The number of nitrogens with zero attached hydrogens (tertiary/aromatic N) is 4. The Hall–Kier alpha value is -4.08. The number of piperidine rings is 1. The summed E-state index contributed by atoms with van der Waals surface area (Å²) in [5.74, 6) is 0.788. The summed E-state index contributed by atoms with van der Waals surface area (Å²) >= 11 is 1.75. The van der Waals surface area contributed by atoms with Gasteiger partial charge in [-0.15, -0.1) is 11.3 Å². The maximum Gasteiger partial charge on any atom is 0.181 e. The zero-order valence-electron chi connectivity index (χ0n) is 20.3. The van der Waals surface area contributed by atoms with E-state index in [1.54, 1.807) is 17.5 Å². The lowest BCUT2D eigenvalue weighted by Crippen LogP contribution is -2.34. The van der Waals surface area contributed by atoms with Gasteiger partial charge >= 0.3 is 0 Å². The molecule has 0 amide bonds. The Bertz CT molecular complexity index is 1730. The summed E-state index contributed by atoms with van der Waals surface area (Å²) in [7, 11) is 0. The summed E-state index contributed by atoms with van der Waals surface area (Å²) in [6, 6.07) is 12.6. The van der Waals surface area contributed by atoms with Crippen LogP contribution in [0.25, 0.3) is 55.0 Å². The topological polar surface area (TPSA) is 104 Å². The first-order chi connectivity index (χ1) is 18.2. The number of hydrogen-bond acceptors (Lipinski definition) is 7. The lowest BCUT2D eigenvalue weighted by Gasteiger charge is -2.23. The van der Waals surface area contributed by atoms with Crippen LogP contribution in [0.1, 0.15) is 17.7 Å². The number of nitrogens with one attached hydrogen (secondary N) is 3. The minimum absolute atomic E-state index is 0.221. The maximum absolute atomic E-state index is 6.21. The van der Waals surface area contributed by atoms with E-state index in [0.717, 1.165) is 81.1 Å². The fraction of sp³-hybridized carbons (Fsp3) is 0.214. The van der Waals surface area contributed by atoms with Gasteiger partial charge in [-0.25, -0.2) is 4.98 Å². The van der Waals surface area contributed by atoms with Gasteiger partial charge in [-0.05, 0) is 69.3 Å². The summed E-state index contributed by atoms with van der Waals surface area (Å²) in [6.07, 6.45) is 9.55. The van der Waals surface area contributed by atoms with Gasteiger partial charge in [-0.2, -0.15) is 5.10 Å². The van der Waals surface area contributed by atoms with Gasteiger partial charge in [0.25, 0.3) is 0 Å². The second-order valence-electron chi connectivity index (χ2n) is 9.38. The van der Waals surface area contributed by atoms with Gasteiger partial charge in [-0.1, -0.05) is 0 Å². The third-order valence-electron chi connectivity index (χ3n) is 6.84. The molecule has 7 heterocycles. The fourth-order valence-corrected chi connectivity index (χ4v) is 5.83. The molecule has 1 aliphatic rings. The van der Waals surface area contributed by atoms with Crippen LogP contribution in [0.2, 0.25) is 0 Å². The highest BCUT2D eigenvalue weighted by molar-refractivity contribution is 7.15. The first-order valence-electron chi connectivity index (χ1n) is 12.4. The molecule has 1 saturated heterocycles. The fourth-order valence-electron chi connectivity index (χ4n) is 4.96. The molecule has 8 nitrogen and oxygen atoms in total. The highest BCUT2D eigenvalue weighted by Crippen LogP contribution is 2.36. The Morgan fingerprint density at radius 3 is 2.70 bits per heavy atom. The van der Waals surface area contributed by atoms with E-state index >= 15 is 0 Å². The van der Waals surface area contributed by atoms with E-state index in [0.29, 0.717) is 5.65 Å². The second-order valence-corrected chi connectivity index (χ2v) is 10.7. The van der Waals surface area contributed by atoms with Crippen molar-refractivity contribution in [1.29, 1.82) is 0 Å². The number of fused-ring (bicyclic) bond motifs is 2. The van der Waals surface area contributed by atoms with Crippen molar-refractivity contribution in [2.24, 2.45) is 0 Å². The molecule has 9 heteroatoms. The first-order valence-corrected chi connectivity index (χ1v) is 13.2. The van der Waals surface area contributed by atoms with Crippen LogP contribution in [-0.4, -0.2) is 49.3 Å². The summed E-state index contributed by atoms with van der Waals surface area (Å²) in [6.45, 7) is 4.09. The van der Waals surface area contributed by atoms with Gasteiger partial charge in [0.2, 0.25) is 0 Å². The van der Waals surface area contributed by atoms with Crippen molar-refractivity contribution in [2.75, 3.05) is 13.1 Å². The molecule has 37 heavy (non-hydrogen) atoms. The van der Waals surface area contributed by atoms with E-state index in [-0.39, 0.29) is 6.10 Å². The number of pyridine rings is 3. The maximum atomic E-state index is 6.21. The number of aryl methyl sites for hydroxylation is 1. The zero-order valence-corrected chi connectivity index (χ0v) is 21.1. The van der Waals surface area contributed by atoms with Crippen LogP contribution in [0.15, 0.2) is 61.2 Å². The van der Waals surface area contributed by atoms with Crippen molar-refractivity contribution >= 4 is 33.3 Å². The van der Waals surface area contributed by atoms with Crippen molar-refractivity contribution < 1.29 is 4.74 Å². The molecule has 0 aromatic carbocycles. The Kier molecular flexibility index (Phi) is 5.44. The molecule has 1 fully saturated rings. The minimum Gasteiger partial charge on any atom is -0.489 e. The molecule has 184 valence electrons. The lowest BCUT2D eigenvalue weighted by atomic mass is 10.1. The van der Waals surface area contributed by atoms with Crippen LogP contribution in [0, 0.1) is 6.92 Å². The third-order valence-corrected chi connectivity index (χ3v) is 7.84. The van der Waals surface area contributed by atoms with Crippen LogP contribution in [0.5, 0.6) is 5.75 Å². The largest absolute Gasteiger partial charge is 0.489 e. The van der Waals surface area contributed by atoms with Gasteiger partial charge in [0.1, 0.15) is 11.9 Å². The molecule has 7 rings (SSSR count). The van der Waals surface area contributed by atoms with Crippen molar-refractivity contribution in [3.8, 4) is 38.8 Å². The van der Waals surface area contributed by atoms with Crippen LogP contribution in [-0.2, 0) is 0 Å². The van der Waals surface area contributed by atoms with Crippen molar-refractivity contribution in [1.82, 2.24) is 35.5 Å². The molecular weight excluding hydrogens is 482 g/mol. The summed E-state index contributed by atoms with van der Waals surface area (Å²) in [5.41, 5.74) is 6.45. The normalized spacial score (nSPS) is 14.5. The number of H-pyrrole nitrogens is 2. The third kappa shape index (κ3) is 4.16. The zero-order chi connectivity index (χ0) is 24.8. The van der Waals surface area contributed by atoms with Gasteiger partial charge in [0.05, 0.1) is 28.2 Å². The molecule has 0 unspecified atom stereocenters. The summed E-state index contributed by atoms with van der Waals surface area (Å²) in [5, 5.41) is 13.0. The molecule has 0 saturated carbocycles. The van der Waals surface area contributed by atoms with Crippen molar-refractivity contribution in [3.63, 3.8) is 0 Å². The molecule has 0 atom stereocenters. The molecule has 6 aromatic heterocycles. The smallest absolute Gasteiger partial charge is 0.181 e. The van der Waals surface area contributed by atoms with Crippen LogP contribution < -0.4 is 10.1 Å². The van der Waals surface area contributed by atoms with Gasteiger partial charge < -0.3 is 15.0 Å². The number of rotatable bonds is 5. The highest BCUT2D eigenvalue weighted by Gasteiger charge is 2.17. The van der Waals surface area contributed by atoms with E-state index in [1.165, 1.54) is 4.88 Å². The average molecular weight is 508 g/mol. The Morgan fingerprint density at radius 2 is 1.84 bits per heavy atom. The minimum atomic E-state index is 0.221. The predicted octanol–water partition coefficient (Wildman–Crippen LogP) is 5.73. The highest BCUT2D eigenvalue weighted by atomic mass is 32.1. The number of aromatic nitrogens is 6. The lowest BCUT2D eigenvalue weighted by molar-refractivity contribution is 0.162. The van der Waals surface area contributed by atoms with Gasteiger partial charge in [-0.3, -0.25) is 15.1 Å². The molecule has 0 bridgehead atoms. The molecule has 3 N–H and O–H groups in total. The number of aromatic amines is 2. The predicted molar refractivity (Wildman–Crippen MR) is 147 cm³/mol. The number of hydrogen-bond donors (Lipinski definition) is 3. The Balaban J connectivity index is 1.26. The van der Waals surface area contributed by atoms with Crippen LogP contribution in [0.4, 0.5) is 0 Å². The van der Waals surface area contributed by atoms with E-state index in [1.807, 2.05) is 30.7 Å². The number of ether oxygens (including phenoxy) is 1. The van der Waals surface area contributed by atoms with Gasteiger partial charge in [0.15, 0.2) is 5.65 Å². The quantitative estimate of drug-likeness (QED) is 0.275. The first kappa shape index (κ1) is 22.1. The van der Waals surface area contributed by atoms with E-state index in [9.17, 15) is 0 Å². The average Bonchev–Trinajstić information content (AvgIpc) is 3.66. The van der Waals surface area contributed by atoms with Crippen molar-refractivity contribution in [3.05, 3.63) is 66.1 Å². The molecule has 6 aromatic rings. The standard InChI is InChI=1S/C28H25N7OS/c1-16-2-3-25(37-16)27-21-12-24(33-23(21)6-9-31-27)26-22-11-18(14-32-28(22)35-34-26)17-10-20(15-30-13-17)36-19-4-7-29-8-5-19/h2-3,6,9-15,19,29,33H,4-5,7-8H2,1H3,(H,32,34,35). The second kappa shape index (κ2) is 9.10. The molecule has 0 radical (unpaired) electrons. The van der Waals surface area contributed by atoms with Gasteiger partial charge in [0, 0.05) is 50.9 Å². The van der Waals surface area contributed by atoms with Crippen LogP contribution in [0.3, 0.4) is 0 Å². The molecule has 0 spiro atoms. The summed E-state index contributed by atoms with van der Waals surface area (Å²) in [4.78, 5) is 19.7.